The monoisotopic (exact) mass is 620 g/mol. The van der Waals surface area contributed by atoms with Crippen LogP contribution >= 0.6 is 0 Å². The lowest BCUT2D eigenvalue weighted by Crippen LogP contribution is -2.34. The summed E-state index contributed by atoms with van der Waals surface area (Å²) in [6.45, 7) is 14.0. The number of esters is 3. The lowest BCUT2D eigenvalue weighted by molar-refractivity contribution is -0.154. The van der Waals surface area contributed by atoms with E-state index < -0.39 is 28.6 Å². The zero-order chi connectivity index (χ0) is 33.6. The standard InChI is InChI=1S/C32H52N2O7.C3H8/c1-6-8-16-39-29(37)27(22-32(5,7-2)23-34)20-25(28(36)40-18-15-35)19-26(24-12-10-9-11-13-24)21-31(3,4)30(38)41-17-14-33;1-3-2/h9-13,23,25-27,34-35H,6-8,14-22,33H2,1-5H3;3H2,1-2H3. The normalized spacial score (nSPS) is 14.6. The SMILES string of the molecule is CCC.CCCCOC(=O)C(CC(CC(CC(C)(C)C(=O)OCCN)c1ccccc1)C(=O)OCCO)CC(C)(C=N)CC. The van der Waals surface area contributed by atoms with Crippen molar-refractivity contribution in [3.8, 4) is 0 Å². The number of nitrogens with one attached hydrogen (secondary N) is 1. The molecule has 0 bridgehead atoms. The fourth-order valence-corrected chi connectivity index (χ4v) is 4.91. The average molecular weight is 621 g/mol. The third kappa shape index (κ3) is 15.8. The molecule has 252 valence electrons. The maximum Gasteiger partial charge on any atom is 0.311 e. The van der Waals surface area contributed by atoms with E-state index in [9.17, 15) is 19.5 Å². The summed E-state index contributed by atoms with van der Waals surface area (Å²) >= 11 is 0. The summed E-state index contributed by atoms with van der Waals surface area (Å²) in [5.74, 6) is -2.85. The van der Waals surface area contributed by atoms with Gasteiger partial charge in [-0.05, 0) is 63.9 Å². The second-order valence-corrected chi connectivity index (χ2v) is 12.5. The number of unbranched alkanes of at least 4 members (excludes halogenated alkanes) is 1. The van der Waals surface area contributed by atoms with Crippen molar-refractivity contribution in [3.63, 3.8) is 0 Å². The first-order valence-electron chi connectivity index (χ1n) is 16.3. The number of carbonyl (C=O) groups is 3. The number of benzene rings is 1. The number of rotatable bonds is 21. The molecule has 44 heavy (non-hydrogen) atoms. The van der Waals surface area contributed by atoms with Gasteiger partial charge in [-0.1, -0.05) is 77.8 Å². The molecule has 0 fully saturated rings. The lowest BCUT2D eigenvalue weighted by Gasteiger charge is -2.32. The van der Waals surface area contributed by atoms with E-state index in [1.165, 1.54) is 12.6 Å². The zero-order valence-corrected chi connectivity index (χ0v) is 28.4. The summed E-state index contributed by atoms with van der Waals surface area (Å²) in [4.78, 5) is 39.6. The fraction of sp³-hybridized carbons (Fsp3) is 0.714. The van der Waals surface area contributed by atoms with Crippen LogP contribution in [0.2, 0.25) is 0 Å². The molecule has 4 unspecified atom stereocenters. The van der Waals surface area contributed by atoms with Crippen LogP contribution in [0.5, 0.6) is 0 Å². The Bertz CT molecular complexity index is 954. The van der Waals surface area contributed by atoms with Gasteiger partial charge in [-0.3, -0.25) is 14.4 Å². The van der Waals surface area contributed by atoms with Crippen molar-refractivity contribution in [2.75, 3.05) is 33.0 Å². The number of ether oxygens (including phenoxy) is 3. The van der Waals surface area contributed by atoms with Crippen molar-refractivity contribution in [3.05, 3.63) is 35.9 Å². The number of aliphatic hydroxyl groups is 1. The van der Waals surface area contributed by atoms with Crippen LogP contribution in [0.4, 0.5) is 0 Å². The first kappa shape index (κ1) is 41.2. The topological polar surface area (TPSA) is 149 Å². The third-order valence-corrected chi connectivity index (χ3v) is 7.68. The highest BCUT2D eigenvalue weighted by Gasteiger charge is 2.38. The highest BCUT2D eigenvalue weighted by atomic mass is 16.5. The molecule has 0 aliphatic carbocycles. The first-order chi connectivity index (χ1) is 20.9. The van der Waals surface area contributed by atoms with Gasteiger partial charge in [0.2, 0.25) is 0 Å². The lowest BCUT2D eigenvalue weighted by atomic mass is 9.73. The Hall–Kier alpha value is -2.78. The number of hydrogen-bond donors (Lipinski definition) is 3. The van der Waals surface area contributed by atoms with Gasteiger partial charge < -0.3 is 30.5 Å². The van der Waals surface area contributed by atoms with E-state index in [-0.39, 0.29) is 50.6 Å². The van der Waals surface area contributed by atoms with Crippen LogP contribution in [0, 0.1) is 28.1 Å². The Morgan fingerprint density at radius 2 is 1.48 bits per heavy atom. The summed E-state index contributed by atoms with van der Waals surface area (Å²) in [5.41, 5.74) is 5.07. The van der Waals surface area contributed by atoms with Gasteiger partial charge in [-0.15, -0.1) is 0 Å². The van der Waals surface area contributed by atoms with E-state index in [1.807, 2.05) is 65.0 Å². The van der Waals surface area contributed by atoms with Crippen molar-refractivity contribution in [2.45, 2.75) is 106 Å². The molecule has 0 radical (unpaired) electrons. The van der Waals surface area contributed by atoms with Gasteiger partial charge in [-0.25, -0.2) is 0 Å². The second-order valence-electron chi connectivity index (χ2n) is 12.5. The fourth-order valence-electron chi connectivity index (χ4n) is 4.91. The first-order valence-corrected chi connectivity index (χ1v) is 16.3. The quantitative estimate of drug-likeness (QED) is 0.0614. The van der Waals surface area contributed by atoms with Gasteiger partial charge in [0.05, 0.1) is 30.5 Å². The average Bonchev–Trinajstić information content (AvgIpc) is 3.01. The van der Waals surface area contributed by atoms with Crippen molar-refractivity contribution in [1.82, 2.24) is 0 Å². The smallest absolute Gasteiger partial charge is 0.311 e. The molecule has 0 saturated carbocycles. The van der Waals surface area contributed by atoms with Crippen LogP contribution in [0.1, 0.15) is 111 Å². The molecule has 0 aliphatic heterocycles. The van der Waals surface area contributed by atoms with Crippen molar-refractivity contribution in [2.24, 2.45) is 28.4 Å². The largest absolute Gasteiger partial charge is 0.465 e. The predicted molar refractivity (Wildman–Crippen MR) is 175 cm³/mol. The van der Waals surface area contributed by atoms with Gasteiger partial charge in [0.15, 0.2) is 0 Å². The number of nitrogens with two attached hydrogens (primary N) is 1. The minimum atomic E-state index is -0.866. The second kappa shape index (κ2) is 22.7. The van der Waals surface area contributed by atoms with E-state index in [2.05, 4.69) is 13.8 Å². The molecule has 9 heteroatoms. The Morgan fingerprint density at radius 1 is 0.886 bits per heavy atom. The molecule has 1 rings (SSSR count). The summed E-state index contributed by atoms with van der Waals surface area (Å²) in [5, 5.41) is 17.3. The maximum absolute atomic E-state index is 13.4. The minimum absolute atomic E-state index is 0.124. The van der Waals surface area contributed by atoms with Crippen molar-refractivity contribution in [1.29, 1.82) is 5.41 Å². The molecule has 1 aromatic rings. The van der Waals surface area contributed by atoms with Crippen LogP contribution < -0.4 is 5.73 Å². The molecule has 0 amide bonds. The molecule has 0 aromatic heterocycles. The van der Waals surface area contributed by atoms with Crippen LogP contribution in [0.3, 0.4) is 0 Å². The molecule has 0 aliphatic rings. The molecule has 0 saturated heterocycles. The maximum atomic E-state index is 13.4. The Balaban J connectivity index is 0.00000590. The molecule has 4 atom stereocenters. The van der Waals surface area contributed by atoms with Crippen molar-refractivity contribution >= 4 is 24.1 Å². The Labute approximate surface area is 266 Å². The number of carbonyl (C=O) groups excluding carboxylic acids is 3. The molecule has 0 spiro atoms. The highest BCUT2D eigenvalue weighted by Crippen LogP contribution is 2.40. The summed E-state index contributed by atoms with van der Waals surface area (Å²) in [6, 6.07) is 9.64. The Morgan fingerprint density at radius 3 is 2.00 bits per heavy atom. The van der Waals surface area contributed by atoms with Crippen LogP contribution in [0.25, 0.3) is 0 Å². The van der Waals surface area contributed by atoms with Gasteiger partial charge in [-0.2, -0.15) is 0 Å². The molecular formula is C35H60N2O7. The van der Waals surface area contributed by atoms with Crippen molar-refractivity contribution < 1.29 is 33.7 Å². The zero-order valence-electron chi connectivity index (χ0n) is 28.4. The van der Waals surface area contributed by atoms with E-state index in [4.69, 9.17) is 25.4 Å². The van der Waals surface area contributed by atoms with Gasteiger partial charge in [0.25, 0.3) is 0 Å². The van der Waals surface area contributed by atoms with Gasteiger partial charge in [0.1, 0.15) is 13.2 Å². The van der Waals surface area contributed by atoms with Crippen LogP contribution in [-0.4, -0.2) is 62.2 Å². The van der Waals surface area contributed by atoms with E-state index in [1.54, 1.807) is 0 Å². The van der Waals surface area contributed by atoms with E-state index >= 15 is 0 Å². The molecular weight excluding hydrogens is 560 g/mol. The molecule has 9 nitrogen and oxygen atoms in total. The van der Waals surface area contributed by atoms with E-state index in [0.717, 1.165) is 18.4 Å². The molecule has 0 heterocycles. The van der Waals surface area contributed by atoms with Crippen LogP contribution in [-0.2, 0) is 28.6 Å². The number of hydrogen-bond acceptors (Lipinski definition) is 9. The summed E-state index contributed by atoms with van der Waals surface area (Å²) < 4.78 is 16.3. The summed E-state index contributed by atoms with van der Waals surface area (Å²) in [7, 11) is 0. The number of aliphatic hydroxyl groups excluding tert-OH is 1. The third-order valence-electron chi connectivity index (χ3n) is 7.68. The highest BCUT2D eigenvalue weighted by molar-refractivity contribution is 5.77. The Kier molecular flexibility index (Phi) is 21.3. The van der Waals surface area contributed by atoms with Crippen LogP contribution in [0.15, 0.2) is 30.3 Å². The molecule has 1 aromatic carbocycles. The minimum Gasteiger partial charge on any atom is -0.465 e. The predicted octanol–water partition coefficient (Wildman–Crippen LogP) is 6.45. The van der Waals surface area contributed by atoms with Gasteiger partial charge in [0, 0.05) is 18.2 Å². The van der Waals surface area contributed by atoms with E-state index in [0.29, 0.717) is 32.3 Å². The molecule has 4 N–H and O–H groups in total. The van der Waals surface area contributed by atoms with Gasteiger partial charge >= 0.3 is 17.9 Å². The summed E-state index contributed by atoms with van der Waals surface area (Å²) in [6.07, 6.45) is 6.11.